The largest absolute Gasteiger partial charge is 0.417 e. The van der Waals surface area contributed by atoms with E-state index in [9.17, 15) is 18.0 Å². The fraction of sp³-hybridized carbons (Fsp3) is 0.269. The smallest absolute Gasteiger partial charge is 0.372 e. The van der Waals surface area contributed by atoms with E-state index in [1.165, 1.54) is 12.1 Å². The van der Waals surface area contributed by atoms with Crippen molar-refractivity contribution in [1.82, 2.24) is 15.0 Å². The molecule has 2 unspecified atom stereocenters. The number of aromatic nitrogens is 3. The summed E-state index contributed by atoms with van der Waals surface area (Å²) in [5, 5.41) is 2.69. The predicted octanol–water partition coefficient (Wildman–Crippen LogP) is 5.51. The number of carbonyl (C=O) groups excluding carboxylic acids is 1. The Morgan fingerprint density at radius 1 is 1.08 bits per heavy atom. The molecule has 10 heteroatoms. The maximum absolute atomic E-state index is 14.0. The normalized spacial score (nSPS) is 18.4. The molecule has 1 aliphatic heterocycles. The Balaban J connectivity index is 1.57. The number of imidazole rings is 1. The summed E-state index contributed by atoms with van der Waals surface area (Å²) in [7, 11) is 0. The van der Waals surface area contributed by atoms with Crippen molar-refractivity contribution in [3.05, 3.63) is 71.9 Å². The van der Waals surface area contributed by atoms with Gasteiger partial charge in [-0.3, -0.25) is 4.79 Å². The SMILES string of the molecule is CC1CN(c2ccc(C(F)(F)F)c(-c3nc4c(C(=O)Nc5ccccn5)cccc4[nH]3)c2)CC(C)O1. The highest BCUT2D eigenvalue weighted by Gasteiger charge is 2.35. The number of amides is 1. The van der Waals surface area contributed by atoms with Gasteiger partial charge in [-0.2, -0.15) is 13.2 Å². The number of benzene rings is 2. The third-order valence-electron chi connectivity index (χ3n) is 6.01. The van der Waals surface area contributed by atoms with Crippen LogP contribution in [0.2, 0.25) is 0 Å². The second-order valence-electron chi connectivity index (χ2n) is 8.85. The first-order chi connectivity index (χ1) is 17.2. The number of morpholine rings is 1. The van der Waals surface area contributed by atoms with Gasteiger partial charge in [0.25, 0.3) is 5.91 Å². The molecule has 0 saturated carbocycles. The number of nitrogens with zero attached hydrogens (tertiary/aromatic N) is 3. The topological polar surface area (TPSA) is 83.1 Å². The molecule has 1 fully saturated rings. The van der Waals surface area contributed by atoms with Crippen LogP contribution in [0, 0.1) is 0 Å². The summed E-state index contributed by atoms with van der Waals surface area (Å²) < 4.78 is 47.7. The Morgan fingerprint density at radius 3 is 2.56 bits per heavy atom. The van der Waals surface area contributed by atoms with Crippen LogP contribution in [0.1, 0.15) is 29.8 Å². The average molecular weight is 496 g/mol. The van der Waals surface area contributed by atoms with Crippen molar-refractivity contribution in [3.8, 4) is 11.4 Å². The van der Waals surface area contributed by atoms with Crippen LogP contribution in [-0.2, 0) is 10.9 Å². The van der Waals surface area contributed by atoms with Gasteiger partial charge in [-0.1, -0.05) is 12.1 Å². The first-order valence-corrected chi connectivity index (χ1v) is 11.5. The van der Waals surface area contributed by atoms with Crippen molar-refractivity contribution in [1.29, 1.82) is 0 Å². The van der Waals surface area contributed by atoms with E-state index in [1.807, 2.05) is 18.7 Å². The van der Waals surface area contributed by atoms with Crippen molar-refractivity contribution < 1.29 is 22.7 Å². The molecule has 1 amide bonds. The third-order valence-corrected chi connectivity index (χ3v) is 6.01. The Kier molecular flexibility index (Phi) is 6.13. The second-order valence-corrected chi connectivity index (χ2v) is 8.85. The van der Waals surface area contributed by atoms with Gasteiger partial charge in [-0.25, -0.2) is 9.97 Å². The zero-order valence-electron chi connectivity index (χ0n) is 19.6. The molecule has 186 valence electrons. The summed E-state index contributed by atoms with van der Waals surface area (Å²) in [6, 6.07) is 14.0. The molecule has 3 heterocycles. The van der Waals surface area contributed by atoms with E-state index < -0.39 is 17.6 Å². The second kappa shape index (κ2) is 9.27. The zero-order valence-corrected chi connectivity index (χ0v) is 19.6. The zero-order chi connectivity index (χ0) is 25.4. The van der Waals surface area contributed by atoms with Crippen LogP contribution < -0.4 is 10.2 Å². The number of fused-ring (bicyclic) bond motifs is 1. The number of H-pyrrole nitrogens is 1. The Hall–Kier alpha value is -3.92. The molecule has 4 aromatic rings. The highest BCUT2D eigenvalue weighted by Crippen LogP contribution is 2.39. The standard InChI is InChI=1S/C26H24F3N5O2/c1-15-13-34(14-16(2)36-15)17-9-10-20(26(27,28)29)19(12-17)24-31-21-7-5-6-18(23(21)33-24)25(35)32-22-8-3-4-11-30-22/h3-12,15-16H,13-14H2,1-2H3,(H,31,33)(H,30,32,35). The van der Waals surface area contributed by atoms with E-state index >= 15 is 0 Å². The Labute approximate surface area is 205 Å². The maximum atomic E-state index is 14.0. The lowest BCUT2D eigenvalue weighted by molar-refractivity contribution is -0.137. The van der Waals surface area contributed by atoms with Crippen LogP contribution in [-0.4, -0.2) is 46.2 Å². The monoisotopic (exact) mass is 495 g/mol. The average Bonchev–Trinajstić information content (AvgIpc) is 3.27. The number of alkyl halides is 3. The molecule has 36 heavy (non-hydrogen) atoms. The number of nitrogens with one attached hydrogen (secondary N) is 2. The van der Waals surface area contributed by atoms with Gasteiger partial charge < -0.3 is 19.9 Å². The van der Waals surface area contributed by atoms with E-state index in [4.69, 9.17) is 4.74 Å². The van der Waals surface area contributed by atoms with Gasteiger partial charge in [0.1, 0.15) is 17.2 Å². The number of halogens is 3. The number of carbonyl (C=O) groups is 1. The van der Waals surface area contributed by atoms with Gasteiger partial charge in [0.05, 0.1) is 28.9 Å². The van der Waals surface area contributed by atoms with E-state index in [2.05, 4.69) is 20.3 Å². The maximum Gasteiger partial charge on any atom is 0.417 e. The number of aromatic amines is 1. The molecule has 0 aliphatic carbocycles. The Morgan fingerprint density at radius 2 is 1.86 bits per heavy atom. The summed E-state index contributed by atoms with van der Waals surface area (Å²) in [4.78, 5) is 26.4. The van der Waals surface area contributed by atoms with E-state index in [0.29, 0.717) is 30.1 Å². The number of ether oxygens (including phenoxy) is 1. The van der Waals surface area contributed by atoms with Crippen molar-refractivity contribution in [2.24, 2.45) is 0 Å². The number of hydrogen-bond acceptors (Lipinski definition) is 5. The highest BCUT2D eigenvalue weighted by molar-refractivity contribution is 6.11. The molecule has 0 spiro atoms. The fourth-order valence-electron chi connectivity index (χ4n) is 4.52. The molecule has 0 bridgehead atoms. The van der Waals surface area contributed by atoms with E-state index in [-0.39, 0.29) is 34.7 Å². The number of anilines is 2. The molecule has 2 atom stereocenters. The van der Waals surface area contributed by atoms with Crippen molar-refractivity contribution in [3.63, 3.8) is 0 Å². The van der Waals surface area contributed by atoms with E-state index in [0.717, 1.165) is 6.07 Å². The Bertz CT molecular complexity index is 1390. The minimum absolute atomic E-state index is 0.0339. The number of para-hydroxylation sites is 1. The van der Waals surface area contributed by atoms with Crippen LogP contribution in [0.4, 0.5) is 24.7 Å². The van der Waals surface area contributed by atoms with Crippen molar-refractivity contribution in [2.75, 3.05) is 23.3 Å². The molecule has 2 aromatic carbocycles. The van der Waals surface area contributed by atoms with Gasteiger partial charge in [0.2, 0.25) is 0 Å². The number of hydrogen-bond donors (Lipinski definition) is 2. The number of rotatable bonds is 4. The molecule has 0 radical (unpaired) electrons. The molecule has 1 saturated heterocycles. The van der Waals surface area contributed by atoms with Gasteiger partial charge in [0, 0.05) is 30.5 Å². The summed E-state index contributed by atoms with van der Waals surface area (Å²) in [6.07, 6.45) is -3.14. The third kappa shape index (κ3) is 4.76. The quantitative estimate of drug-likeness (QED) is 0.390. The van der Waals surface area contributed by atoms with Crippen molar-refractivity contribution in [2.45, 2.75) is 32.2 Å². The lowest BCUT2D eigenvalue weighted by atomic mass is 10.0. The lowest BCUT2D eigenvalue weighted by Gasteiger charge is -2.37. The molecular formula is C26H24F3N5O2. The molecule has 7 nitrogen and oxygen atoms in total. The lowest BCUT2D eigenvalue weighted by Crippen LogP contribution is -2.45. The summed E-state index contributed by atoms with van der Waals surface area (Å²) in [6.45, 7) is 5.00. The summed E-state index contributed by atoms with van der Waals surface area (Å²) in [5.74, 6) is -0.0682. The fourth-order valence-corrected chi connectivity index (χ4v) is 4.52. The molecule has 5 rings (SSSR count). The van der Waals surface area contributed by atoms with Gasteiger partial charge >= 0.3 is 6.18 Å². The minimum atomic E-state index is -4.59. The van der Waals surface area contributed by atoms with Gasteiger partial charge in [-0.05, 0) is 56.3 Å². The van der Waals surface area contributed by atoms with Gasteiger partial charge in [0.15, 0.2) is 0 Å². The highest BCUT2D eigenvalue weighted by atomic mass is 19.4. The van der Waals surface area contributed by atoms with Crippen LogP contribution in [0.25, 0.3) is 22.4 Å². The van der Waals surface area contributed by atoms with Crippen molar-refractivity contribution >= 4 is 28.4 Å². The van der Waals surface area contributed by atoms with Crippen LogP contribution in [0.15, 0.2) is 60.8 Å². The summed E-state index contributed by atoms with van der Waals surface area (Å²) in [5.41, 5.74) is 0.701. The first kappa shape index (κ1) is 23.8. The van der Waals surface area contributed by atoms with Crippen LogP contribution in [0.3, 0.4) is 0 Å². The molecular weight excluding hydrogens is 471 g/mol. The first-order valence-electron chi connectivity index (χ1n) is 11.5. The van der Waals surface area contributed by atoms with Crippen LogP contribution >= 0.6 is 0 Å². The predicted molar refractivity (Wildman–Crippen MR) is 131 cm³/mol. The van der Waals surface area contributed by atoms with Gasteiger partial charge in [-0.15, -0.1) is 0 Å². The van der Waals surface area contributed by atoms with Crippen LogP contribution in [0.5, 0.6) is 0 Å². The number of pyridine rings is 1. The molecule has 2 aromatic heterocycles. The molecule has 2 N–H and O–H groups in total. The summed E-state index contributed by atoms with van der Waals surface area (Å²) >= 11 is 0. The van der Waals surface area contributed by atoms with E-state index in [1.54, 1.807) is 42.6 Å². The minimum Gasteiger partial charge on any atom is -0.372 e. The molecule has 1 aliphatic rings.